The average molecular weight is 238 g/mol. The highest BCUT2D eigenvalue weighted by atomic mass is 16.2. The Hall–Kier alpha value is -1.06. The Labute approximate surface area is 103 Å². The molecular weight excluding hydrogens is 216 g/mol. The first-order chi connectivity index (χ1) is 8.19. The van der Waals surface area contributed by atoms with Gasteiger partial charge in [0.15, 0.2) is 0 Å². The van der Waals surface area contributed by atoms with Gasteiger partial charge in [0.2, 0.25) is 5.91 Å². The van der Waals surface area contributed by atoms with Crippen LogP contribution >= 0.6 is 0 Å². The lowest BCUT2D eigenvalue weighted by molar-refractivity contribution is -0.141. The second-order valence-electron chi connectivity index (χ2n) is 5.31. The van der Waals surface area contributed by atoms with Crippen LogP contribution in [0.1, 0.15) is 51.9 Å². The van der Waals surface area contributed by atoms with Crippen molar-refractivity contribution in [2.24, 2.45) is 5.41 Å². The summed E-state index contributed by atoms with van der Waals surface area (Å²) >= 11 is 0. The van der Waals surface area contributed by atoms with Crippen molar-refractivity contribution in [3.63, 3.8) is 0 Å². The van der Waals surface area contributed by atoms with Crippen LogP contribution in [0, 0.1) is 5.41 Å². The molecule has 2 rings (SSSR count). The molecule has 0 aromatic carbocycles. The normalized spacial score (nSPS) is 24.6. The molecule has 1 spiro atoms. The molecule has 0 unspecified atom stereocenters. The third-order valence-electron chi connectivity index (χ3n) is 4.03. The largest absolute Gasteiger partial charge is 0.337 e. The summed E-state index contributed by atoms with van der Waals surface area (Å²) < 4.78 is 0. The first-order valence-electron chi connectivity index (χ1n) is 6.79. The van der Waals surface area contributed by atoms with Crippen molar-refractivity contribution in [3.8, 4) is 0 Å². The molecule has 1 saturated heterocycles. The Kier molecular flexibility index (Phi) is 3.69. The van der Waals surface area contributed by atoms with E-state index in [0.29, 0.717) is 13.1 Å². The molecule has 1 aliphatic carbocycles. The summed E-state index contributed by atoms with van der Waals surface area (Å²) in [5.41, 5.74) is -0.292. The lowest BCUT2D eigenvalue weighted by atomic mass is 9.77. The third-order valence-corrected chi connectivity index (χ3v) is 4.03. The van der Waals surface area contributed by atoms with Crippen molar-refractivity contribution >= 4 is 11.9 Å². The Morgan fingerprint density at radius 2 is 1.82 bits per heavy atom. The second-order valence-corrected chi connectivity index (χ2v) is 5.31. The van der Waals surface area contributed by atoms with E-state index in [-0.39, 0.29) is 17.4 Å². The lowest BCUT2D eigenvalue weighted by Gasteiger charge is -2.40. The number of nitrogens with zero attached hydrogens (tertiary/aromatic N) is 1. The van der Waals surface area contributed by atoms with Gasteiger partial charge in [-0.15, -0.1) is 0 Å². The molecule has 3 amide bonds. The smallest absolute Gasteiger partial charge is 0.324 e. The summed E-state index contributed by atoms with van der Waals surface area (Å²) in [6, 6.07) is -0.202. The van der Waals surface area contributed by atoms with Gasteiger partial charge in [0.05, 0.1) is 5.41 Å². The van der Waals surface area contributed by atoms with Crippen LogP contribution in [0.4, 0.5) is 4.79 Å². The molecule has 4 nitrogen and oxygen atoms in total. The number of nitrogens with one attached hydrogen (secondary N) is 1. The molecule has 0 radical (unpaired) electrons. The van der Waals surface area contributed by atoms with Crippen molar-refractivity contribution in [1.29, 1.82) is 0 Å². The SMILES string of the molecule is CCCN1C(=O)NCC2(CCCCCC2)C1=O. The van der Waals surface area contributed by atoms with Gasteiger partial charge in [-0.2, -0.15) is 0 Å². The van der Waals surface area contributed by atoms with Crippen molar-refractivity contribution < 1.29 is 9.59 Å². The lowest BCUT2D eigenvalue weighted by Crippen LogP contribution is -2.60. The van der Waals surface area contributed by atoms with Gasteiger partial charge in [-0.1, -0.05) is 32.6 Å². The van der Waals surface area contributed by atoms with E-state index >= 15 is 0 Å². The number of imide groups is 1. The molecule has 4 heteroatoms. The summed E-state index contributed by atoms with van der Waals surface area (Å²) in [6.07, 6.45) is 7.37. The molecule has 0 aromatic heterocycles. The fourth-order valence-electron chi connectivity index (χ4n) is 3.02. The van der Waals surface area contributed by atoms with Crippen LogP contribution in [-0.2, 0) is 4.79 Å². The van der Waals surface area contributed by atoms with Crippen LogP contribution < -0.4 is 5.32 Å². The maximum atomic E-state index is 12.5. The summed E-state index contributed by atoms with van der Waals surface area (Å²) in [5.74, 6) is 0.0741. The van der Waals surface area contributed by atoms with E-state index in [4.69, 9.17) is 0 Å². The van der Waals surface area contributed by atoms with Crippen LogP contribution in [0.25, 0.3) is 0 Å². The highest BCUT2D eigenvalue weighted by Crippen LogP contribution is 2.38. The van der Waals surface area contributed by atoms with E-state index in [1.165, 1.54) is 17.7 Å². The van der Waals surface area contributed by atoms with Crippen LogP contribution in [-0.4, -0.2) is 29.9 Å². The molecule has 2 fully saturated rings. The first-order valence-corrected chi connectivity index (χ1v) is 6.79. The van der Waals surface area contributed by atoms with Gasteiger partial charge in [0, 0.05) is 13.1 Å². The predicted octanol–water partition coefficient (Wildman–Crippen LogP) is 2.29. The number of hydrogen-bond donors (Lipinski definition) is 1. The van der Waals surface area contributed by atoms with Crippen LogP contribution in [0.2, 0.25) is 0 Å². The van der Waals surface area contributed by atoms with E-state index in [2.05, 4.69) is 5.32 Å². The summed E-state index contributed by atoms with van der Waals surface area (Å²) in [5, 5.41) is 2.90. The fraction of sp³-hybridized carbons (Fsp3) is 0.846. The van der Waals surface area contributed by atoms with Crippen molar-refractivity contribution in [3.05, 3.63) is 0 Å². The molecule has 96 valence electrons. The molecular formula is C13H22N2O2. The second kappa shape index (κ2) is 5.07. The topological polar surface area (TPSA) is 49.4 Å². The standard InChI is InChI=1S/C13H22N2O2/c1-2-9-15-11(16)13(10-14-12(15)17)7-5-3-4-6-8-13/h2-10H2,1H3,(H,14,17). The number of carbonyl (C=O) groups excluding carboxylic acids is 2. The van der Waals surface area contributed by atoms with Gasteiger partial charge < -0.3 is 5.32 Å². The number of rotatable bonds is 2. The summed E-state index contributed by atoms with van der Waals surface area (Å²) in [7, 11) is 0. The summed E-state index contributed by atoms with van der Waals surface area (Å²) in [6.45, 7) is 3.09. The van der Waals surface area contributed by atoms with Crippen LogP contribution in [0.3, 0.4) is 0 Å². The molecule has 2 aliphatic rings. The molecule has 1 aliphatic heterocycles. The highest BCUT2D eigenvalue weighted by molar-refractivity contribution is 6.00. The Morgan fingerprint density at radius 1 is 1.18 bits per heavy atom. The van der Waals surface area contributed by atoms with Gasteiger partial charge in [0.25, 0.3) is 0 Å². The van der Waals surface area contributed by atoms with Gasteiger partial charge >= 0.3 is 6.03 Å². The fourth-order valence-corrected chi connectivity index (χ4v) is 3.02. The molecule has 1 N–H and O–H groups in total. The average Bonchev–Trinajstić information content (AvgIpc) is 2.57. The number of urea groups is 1. The molecule has 1 saturated carbocycles. The Balaban J connectivity index is 2.17. The number of amides is 3. The maximum absolute atomic E-state index is 12.5. The Bertz CT molecular complexity index is 307. The maximum Gasteiger partial charge on any atom is 0.324 e. The van der Waals surface area contributed by atoms with E-state index < -0.39 is 0 Å². The van der Waals surface area contributed by atoms with E-state index in [9.17, 15) is 9.59 Å². The zero-order chi connectivity index (χ0) is 12.3. The summed E-state index contributed by atoms with van der Waals surface area (Å²) in [4.78, 5) is 25.6. The van der Waals surface area contributed by atoms with Crippen molar-refractivity contribution in [2.45, 2.75) is 51.9 Å². The zero-order valence-corrected chi connectivity index (χ0v) is 10.6. The van der Waals surface area contributed by atoms with Gasteiger partial charge in [-0.25, -0.2) is 4.79 Å². The molecule has 0 aromatic rings. The van der Waals surface area contributed by atoms with Gasteiger partial charge in [0.1, 0.15) is 0 Å². The van der Waals surface area contributed by atoms with E-state index in [0.717, 1.165) is 32.1 Å². The van der Waals surface area contributed by atoms with Crippen molar-refractivity contribution in [2.75, 3.05) is 13.1 Å². The minimum absolute atomic E-state index is 0.0741. The van der Waals surface area contributed by atoms with Crippen LogP contribution in [0.5, 0.6) is 0 Å². The van der Waals surface area contributed by atoms with E-state index in [1.54, 1.807) is 0 Å². The monoisotopic (exact) mass is 238 g/mol. The first kappa shape index (κ1) is 12.4. The quantitative estimate of drug-likeness (QED) is 0.802. The van der Waals surface area contributed by atoms with Gasteiger partial charge in [-0.05, 0) is 19.3 Å². The van der Waals surface area contributed by atoms with Crippen molar-refractivity contribution in [1.82, 2.24) is 10.2 Å². The number of carbonyl (C=O) groups is 2. The minimum atomic E-state index is -0.292. The molecule has 17 heavy (non-hydrogen) atoms. The van der Waals surface area contributed by atoms with E-state index in [1.807, 2.05) is 6.92 Å². The molecule has 0 bridgehead atoms. The zero-order valence-electron chi connectivity index (χ0n) is 10.6. The third kappa shape index (κ3) is 2.31. The molecule has 1 heterocycles. The Morgan fingerprint density at radius 3 is 2.41 bits per heavy atom. The molecule has 0 atom stereocenters. The highest BCUT2D eigenvalue weighted by Gasteiger charge is 2.46. The predicted molar refractivity (Wildman–Crippen MR) is 65.5 cm³/mol. The van der Waals surface area contributed by atoms with Crippen LogP contribution in [0.15, 0.2) is 0 Å². The number of hydrogen-bond acceptors (Lipinski definition) is 2. The van der Waals surface area contributed by atoms with Gasteiger partial charge in [-0.3, -0.25) is 9.69 Å². The minimum Gasteiger partial charge on any atom is -0.337 e.